The normalized spacial score (nSPS) is 16.6. The molecule has 1 atom stereocenters. The van der Waals surface area contributed by atoms with Gasteiger partial charge in [-0.05, 0) is 50.5 Å². The Morgan fingerprint density at radius 2 is 2.04 bits per heavy atom. The summed E-state index contributed by atoms with van der Waals surface area (Å²) in [5, 5.41) is 0. The molecular weight excluding hydrogens is 376 g/mol. The van der Waals surface area contributed by atoms with Crippen LogP contribution in [0.15, 0.2) is 35.4 Å². The zero-order valence-corrected chi connectivity index (χ0v) is 17.5. The number of fused-ring (bicyclic) bond motifs is 1. The van der Waals surface area contributed by atoms with Gasteiger partial charge in [0.05, 0.1) is 22.9 Å². The van der Waals surface area contributed by atoms with Crippen molar-refractivity contribution in [2.24, 2.45) is 0 Å². The Morgan fingerprint density at radius 3 is 2.61 bits per heavy atom. The number of benzene rings is 1. The maximum Gasteiger partial charge on any atom is 0.224 e. The van der Waals surface area contributed by atoms with Gasteiger partial charge in [-0.2, -0.15) is 0 Å². The van der Waals surface area contributed by atoms with E-state index < -0.39 is 9.84 Å². The first-order chi connectivity index (χ1) is 13.2. The summed E-state index contributed by atoms with van der Waals surface area (Å²) in [7, 11) is -3.30. The van der Waals surface area contributed by atoms with Crippen molar-refractivity contribution in [1.29, 1.82) is 0 Å². The second-order valence-corrected chi connectivity index (χ2v) is 9.23. The van der Waals surface area contributed by atoms with E-state index in [4.69, 9.17) is 4.74 Å². The van der Waals surface area contributed by atoms with Gasteiger partial charge in [0.1, 0.15) is 5.75 Å². The second kappa shape index (κ2) is 7.91. The number of carbonyl (C=O) groups excluding carboxylic acids is 1. The molecule has 0 saturated carbocycles. The van der Waals surface area contributed by atoms with Crippen LogP contribution in [0.2, 0.25) is 0 Å². The first-order valence-electron chi connectivity index (χ1n) is 9.49. The fourth-order valence-electron chi connectivity index (χ4n) is 3.61. The number of rotatable bonds is 5. The minimum atomic E-state index is -3.30. The average Bonchev–Trinajstić information content (AvgIpc) is 2.64. The lowest BCUT2D eigenvalue weighted by atomic mass is 9.92. The number of sulfone groups is 1. The third-order valence-electron chi connectivity index (χ3n) is 4.98. The Hall–Kier alpha value is -2.41. The fraction of sp³-hybridized carbons (Fsp3) is 0.429. The minimum absolute atomic E-state index is 0.0123. The van der Waals surface area contributed by atoms with Crippen molar-refractivity contribution in [3.8, 4) is 17.0 Å². The Morgan fingerprint density at radius 1 is 1.29 bits per heavy atom. The molecule has 0 N–H and O–H groups in total. The predicted octanol–water partition coefficient (Wildman–Crippen LogP) is 3.63. The number of pyridine rings is 1. The molecule has 1 aromatic heterocycles. The molecule has 3 rings (SSSR count). The van der Waals surface area contributed by atoms with Crippen LogP contribution in [0.3, 0.4) is 0 Å². The van der Waals surface area contributed by atoms with Crippen LogP contribution < -0.4 is 9.64 Å². The molecule has 0 fully saturated rings. The van der Waals surface area contributed by atoms with E-state index in [1.165, 1.54) is 6.20 Å². The second-order valence-electron chi connectivity index (χ2n) is 7.22. The van der Waals surface area contributed by atoms with Crippen molar-refractivity contribution in [2.75, 3.05) is 17.8 Å². The van der Waals surface area contributed by atoms with Crippen LogP contribution in [0.25, 0.3) is 11.3 Å². The Kier molecular flexibility index (Phi) is 5.74. The van der Waals surface area contributed by atoms with Gasteiger partial charge < -0.3 is 9.64 Å². The maximum atomic E-state index is 12.2. The Labute approximate surface area is 166 Å². The number of aromatic nitrogens is 1. The van der Waals surface area contributed by atoms with Gasteiger partial charge in [-0.3, -0.25) is 9.78 Å². The smallest absolute Gasteiger partial charge is 0.224 e. The summed E-state index contributed by atoms with van der Waals surface area (Å²) < 4.78 is 29.5. The topological polar surface area (TPSA) is 76.6 Å². The first kappa shape index (κ1) is 20.3. The standard InChI is InChI=1S/C21H26N2O4S/c1-5-12-27-21-17(19-10-7-16(13-22-19)28(4,25)26)9-11-20-18(21)8-6-14(2)23(20)15(3)24/h7,9-11,13-14H,5-6,8,12H2,1-4H3/t14-/m0/s1. The molecule has 1 aromatic carbocycles. The molecule has 0 aliphatic carbocycles. The van der Waals surface area contributed by atoms with Crippen LogP contribution in [0.5, 0.6) is 5.75 Å². The summed E-state index contributed by atoms with van der Waals surface area (Å²) in [6.07, 6.45) is 5.07. The number of hydrogen-bond donors (Lipinski definition) is 0. The number of carbonyl (C=O) groups is 1. The van der Waals surface area contributed by atoms with E-state index >= 15 is 0 Å². The quantitative estimate of drug-likeness (QED) is 0.763. The van der Waals surface area contributed by atoms with Crippen LogP contribution in [0.1, 0.15) is 39.2 Å². The summed E-state index contributed by atoms with van der Waals surface area (Å²) >= 11 is 0. The summed E-state index contributed by atoms with van der Waals surface area (Å²) in [6, 6.07) is 7.24. The van der Waals surface area contributed by atoms with E-state index in [2.05, 4.69) is 11.9 Å². The molecule has 0 spiro atoms. The fourth-order valence-corrected chi connectivity index (χ4v) is 4.17. The van der Waals surface area contributed by atoms with Gasteiger partial charge in [0, 0.05) is 36.5 Å². The number of ether oxygens (including phenoxy) is 1. The highest BCUT2D eigenvalue weighted by Gasteiger charge is 2.30. The van der Waals surface area contributed by atoms with Gasteiger partial charge in [-0.15, -0.1) is 0 Å². The highest BCUT2D eigenvalue weighted by atomic mass is 32.2. The number of anilines is 1. The van der Waals surface area contributed by atoms with E-state index in [1.807, 2.05) is 24.0 Å². The van der Waals surface area contributed by atoms with E-state index in [0.29, 0.717) is 12.3 Å². The lowest BCUT2D eigenvalue weighted by molar-refractivity contribution is -0.117. The highest BCUT2D eigenvalue weighted by molar-refractivity contribution is 7.90. The zero-order valence-electron chi connectivity index (χ0n) is 16.7. The largest absolute Gasteiger partial charge is 0.493 e. The zero-order chi connectivity index (χ0) is 20.5. The highest BCUT2D eigenvalue weighted by Crippen LogP contribution is 2.42. The van der Waals surface area contributed by atoms with Crippen LogP contribution >= 0.6 is 0 Å². The molecule has 150 valence electrons. The summed E-state index contributed by atoms with van der Waals surface area (Å²) in [6.45, 7) is 6.23. The van der Waals surface area contributed by atoms with Gasteiger partial charge >= 0.3 is 0 Å². The Balaban J connectivity index is 2.13. The van der Waals surface area contributed by atoms with Gasteiger partial charge in [0.25, 0.3) is 0 Å². The molecule has 0 saturated heterocycles. The van der Waals surface area contributed by atoms with Gasteiger partial charge in [-0.1, -0.05) is 6.92 Å². The number of nitrogens with zero attached hydrogens (tertiary/aromatic N) is 2. The molecule has 2 heterocycles. The average molecular weight is 403 g/mol. The summed E-state index contributed by atoms with van der Waals surface area (Å²) in [5.41, 5.74) is 3.35. The molecular formula is C21H26N2O4S. The Bertz CT molecular complexity index is 984. The molecule has 0 bridgehead atoms. The van der Waals surface area contributed by atoms with Crippen molar-refractivity contribution in [2.45, 2.75) is 51.0 Å². The van der Waals surface area contributed by atoms with Crippen molar-refractivity contribution < 1.29 is 17.9 Å². The third-order valence-corrected chi connectivity index (χ3v) is 6.08. The van der Waals surface area contributed by atoms with Crippen molar-refractivity contribution in [3.05, 3.63) is 36.0 Å². The SMILES string of the molecule is CCCOc1c(-c2ccc(S(C)(=O)=O)cn2)ccc2c1CC[C@H](C)N2C(C)=O. The lowest BCUT2D eigenvalue weighted by Gasteiger charge is -2.36. The molecule has 1 amide bonds. The van der Waals surface area contributed by atoms with Crippen LogP contribution in [0.4, 0.5) is 5.69 Å². The third kappa shape index (κ3) is 3.90. The van der Waals surface area contributed by atoms with E-state index in [9.17, 15) is 13.2 Å². The summed E-state index contributed by atoms with van der Waals surface area (Å²) in [4.78, 5) is 18.6. The predicted molar refractivity (Wildman–Crippen MR) is 110 cm³/mol. The molecule has 0 radical (unpaired) electrons. The van der Waals surface area contributed by atoms with Crippen molar-refractivity contribution in [3.63, 3.8) is 0 Å². The molecule has 6 nitrogen and oxygen atoms in total. The molecule has 1 aliphatic rings. The molecule has 28 heavy (non-hydrogen) atoms. The maximum absolute atomic E-state index is 12.2. The van der Waals surface area contributed by atoms with Gasteiger partial charge in [-0.25, -0.2) is 8.42 Å². The van der Waals surface area contributed by atoms with Crippen LogP contribution in [-0.2, 0) is 21.1 Å². The van der Waals surface area contributed by atoms with Crippen LogP contribution in [0, 0.1) is 0 Å². The van der Waals surface area contributed by atoms with Crippen molar-refractivity contribution in [1.82, 2.24) is 4.98 Å². The number of amides is 1. The number of hydrogen-bond acceptors (Lipinski definition) is 5. The van der Waals surface area contributed by atoms with Crippen LogP contribution in [-0.4, -0.2) is 38.2 Å². The lowest BCUT2D eigenvalue weighted by Crippen LogP contribution is -2.40. The first-order valence-corrected chi connectivity index (χ1v) is 11.4. The molecule has 7 heteroatoms. The van der Waals surface area contributed by atoms with Gasteiger partial charge in [0.15, 0.2) is 9.84 Å². The van der Waals surface area contributed by atoms with E-state index in [0.717, 1.165) is 48.1 Å². The van der Waals surface area contributed by atoms with E-state index in [1.54, 1.807) is 19.1 Å². The monoisotopic (exact) mass is 402 g/mol. The minimum Gasteiger partial charge on any atom is -0.493 e. The molecule has 0 unspecified atom stereocenters. The molecule has 1 aliphatic heterocycles. The van der Waals surface area contributed by atoms with E-state index in [-0.39, 0.29) is 16.8 Å². The molecule has 2 aromatic rings. The van der Waals surface area contributed by atoms with Crippen molar-refractivity contribution >= 4 is 21.4 Å². The van der Waals surface area contributed by atoms with Gasteiger partial charge in [0.2, 0.25) is 5.91 Å². The summed E-state index contributed by atoms with van der Waals surface area (Å²) in [5.74, 6) is 0.746.